The van der Waals surface area contributed by atoms with Gasteiger partial charge in [-0.25, -0.2) is 9.67 Å². The number of pyridine rings is 1. The second kappa shape index (κ2) is 9.06. The lowest BCUT2D eigenvalue weighted by Crippen LogP contribution is -2.17. The van der Waals surface area contributed by atoms with Crippen molar-refractivity contribution in [3.8, 4) is 17.3 Å². The summed E-state index contributed by atoms with van der Waals surface area (Å²) in [4.78, 5) is 17.6. The highest BCUT2D eigenvalue weighted by Gasteiger charge is 2.26. The Kier molecular flexibility index (Phi) is 5.98. The summed E-state index contributed by atoms with van der Waals surface area (Å²) in [6, 6.07) is 15.5. The smallest absolute Gasteiger partial charge is 0.262 e. The zero-order valence-corrected chi connectivity index (χ0v) is 19.5. The summed E-state index contributed by atoms with van der Waals surface area (Å²) in [5.41, 5.74) is 2.79. The molecule has 5 rings (SSSR count). The largest absolute Gasteiger partial charge is 0.438 e. The number of aryl methyl sites for hydroxylation is 1. The van der Waals surface area contributed by atoms with E-state index in [0.29, 0.717) is 32.3 Å². The van der Waals surface area contributed by atoms with Crippen molar-refractivity contribution in [1.82, 2.24) is 14.8 Å². The number of fused-ring (bicyclic) bond motifs is 1. The Morgan fingerprint density at radius 2 is 1.88 bits per heavy atom. The molecule has 4 aromatic rings. The number of rotatable bonds is 5. The van der Waals surface area contributed by atoms with Crippen molar-refractivity contribution < 1.29 is 9.53 Å². The van der Waals surface area contributed by atoms with Crippen LogP contribution in [-0.2, 0) is 12.8 Å². The first-order valence-electron chi connectivity index (χ1n) is 10.3. The fraction of sp³-hybridized carbons (Fsp3) is 0.125. The number of amides is 1. The van der Waals surface area contributed by atoms with Crippen molar-refractivity contribution in [2.24, 2.45) is 0 Å². The van der Waals surface area contributed by atoms with Crippen molar-refractivity contribution in [1.29, 1.82) is 0 Å². The molecule has 0 radical (unpaired) electrons. The SMILES string of the molecule is O=C(Nc1c2c(nn1-c1cccc(Cl)c1Cl)CCC2)c1cccnc1Oc1cccc(Cl)c1. The molecule has 0 spiro atoms. The Morgan fingerprint density at radius 1 is 1.03 bits per heavy atom. The van der Waals surface area contributed by atoms with E-state index in [2.05, 4.69) is 10.3 Å². The summed E-state index contributed by atoms with van der Waals surface area (Å²) < 4.78 is 7.50. The van der Waals surface area contributed by atoms with Crippen LogP contribution in [0.3, 0.4) is 0 Å². The number of hydrogen-bond donors (Lipinski definition) is 1. The zero-order valence-electron chi connectivity index (χ0n) is 17.2. The Hall–Kier alpha value is -3.06. The van der Waals surface area contributed by atoms with Crippen LogP contribution in [0.25, 0.3) is 5.69 Å². The van der Waals surface area contributed by atoms with Gasteiger partial charge in [0.15, 0.2) is 0 Å². The first-order valence-corrected chi connectivity index (χ1v) is 11.4. The number of carbonyl (C=O) groups excluding carboxylic acids is 1. The Bertz CT molecular complexity index is 1370. The number of hydrogen-bond acceptors (Lipinski definition) is 4. The minimum Gasteiger partial charge on any atom is -0.438 e. The summed E-state index contributed by atoms with van der Waals surface area (Å²) >= 11 is 18.7. The van der Waals surface area contributed by atoms with E-state index in [0.717, 1.165) is 30.5 Å². The van der Waals surface area contributed by atoms with Gasteiger partial charge in [-0.3, -0.25) is 4.79 Å². The van der Waals surface area contributed by atoms with Gasteiger partial charge < -0.3 is 10.1 Å². The van der Waals surface area contributed by atoms with E-state index in [9.17, 15) is 4.79 Å². The van der Waals surface area contributed by atoms with Crippen LogP contribution in [0.4, 0.5) is 5.82 Å². The molecule has 166 valence electrons. The second-order valence-corrected chi connectivity index (χ2v) is 8.70. The lowest BCUT2D eigenvalue weighted by atomic mass is 10.2. The van der Waals surface area contributed by atoms with Crippen molar-refractivity contribution in [2.45, 2.75) is 19.3 Å². The summed E-state index contributed by atoms with van der Waals surface area (Å²) in [6.07, 6.45) is 4.17. The zero-order chi connectivity index (χ0) is 22.9. The van der Waals surface area contributed by atoms with Gasteiger partial charge in [-0.1, -0.05) is 46.9 Å². The molecule has 1 amide bonds. The number of halogens is 3. The van der Waals surface area contributed by atoms with Crippen molar-refractivity contribution in [3.63, 3.8) is 0 Å². The second-order valence-electron chi connectivity index (χ2n) is 7.48. The molecule has 6 nitrogen and oxygen atoms in total. The number of aromatic nitrogens is 3. The van der Waals surface area contributed by atoms with E-state index in [4.69, 9.17) is 44.6 Å². The lowest BCUT2D eigenvalue weighted by Gasteiger charge is -2.14. The maximum atomic E-state index is 13.4. The van der Waals surface area contributed by atoms with Gasteiger partial charge in [-0.05, 0) is 61.7 Å². The Labute approximate surface area is 205 Å². The number of nitrogens with zero attached hydrogens (tertiary/aromatic N) is 3. The van der Waals surface area contributed by atoms with Gasteiger partial charge in [0.25, 0.3) is 5.91 Å². The molecular weight excluding hydrogens is 483 g/mol. The first kappa shape index (κ1) is 21.8. The van der Waals surface area contributed by atoms with Crippen LogP contribution in [0, 0.1) is 0 Å². The van der Waals surface area contributed by atoms with Crippen LogP contribution in [0.2, 0.25) is 15.1 Å². The van der Waals surface area contributed by atoms with E-state index >= 15 is 0 Å². The molecule has 0 saturated carbocycles. The Balaban J connectivity index is 1.51. The van der Waals surface area contributed by atoms with Crippen molar-refractivity contribution >= 4 is 46.5 Å². The number of carbonyl (C=O) groups is 1. The molecule has 0 bridgehead atoms. The van der Waals surface area contributed by atoms with Gasteiger partial charge in [-0.15, -0.1) is 0 Å². The molecule has 1 aliphatic carbocycles. The summed E-state index contributed by atoms with van der Waals surface area (Å²) in [5.74, 6) is 0.830. The first-order chi connectivity index (χ1) is 16.0. The molecule has 2 aromatic heterocycles. The molecule has 2 aromatic carbocycles. The molecule has 0 fully saturated rings. The van der Waals surface area contributed by atoms with Crippen molar-refractivity contribution in [2.75, 3.05) is 5.32 Å². The van der Waals surface area contributed by atoms with Crippen LogP contribution in [0.5, 0.6) is 11.6 Å². The third kappa shape index (κ3) is 4.29. The fourth-order valence-corrected chi connectivity index (χ4v) is 4.37. The van der Waals surface area contributed by atoms with Crippen LogP contribution >= 0.6 is 34.8 Å². The van der Waals surface area contributed by atoms with Crippen LogP contribution < -0.4 is 10.1 Å². The predicted octanol–water partition coefficient (Wildman–Crippen LogP) is 6.76. The van der Waals surface area contributed by atoms with E-state index in [1.807, 2.05) is 6.07 Å². The molecule has 0 atom stereocenters. The summed E-state index contributed by atoms with van der Waals surface area (Å²) in [7, 11) is 0. The van der Waals surface area contributed by atoms with Gasteiger partial charge in [0.05, 0.1) is 21.4 Å². The molecular formula is C24H17Cl3N4O2. The molecule has 0 aliphatic heterocycles. The molecule has 9 heteroatoms. The highest BCUT2D eigenvalue weighted by Crippen LogP contribution is 2.36. The average Bonchev–Trinajstić information content (AvgIpc) is 3.39. The van der Waals surface area contributed by atoms with Gasteiger partial charge >= 0.3 is 0 Å². The van der Waals surface area contributed by atoms with Crippen molar-refractivity contribution in [3.05, 3.63) is 92.7 Å². The van der Waals surface area contributed by atoms with Crippen LogP contribution in [0.1, 0.15) is 28.0 Å². The van der Waals surface area contributed by atoms with Crippen LogP contribution in [-0.4, -0.2) is 20.7 Å². The topological polar surface area (TPSA) is 69.0 Å². The molecule has 0 saturated heterocycles. The maximum Gasteiger partial charge on any atom is 0.262 e. The van der Waals surface area contributed by atoms with E-state index in [1.54, 1.807) is 59.4 Å². The molecule has 1 N–H and O–H groups in total. The lowest BCUT2D eigenvalue weighted by molar-refractivity contribution is 0.102. The normalized spacial score (nSPS) is 12.5. The number of anilines is 1. The average molecular weight is 500 g/mol. The number of nitrogens with one attached hydrogen (secondary N) is 1. The minimum atomic E-state index is -0.380. The standard InChI is InChI=1S/C24H17Cl3N4O2/c25-14-5-1-6-15(13-14)33-24-17(8-4-12-28-24)23(32)29-22-16-7-2-10-19(16)30-31(22)20-11-3-9-18(26)21(20)27/h1,3-6,8-9,11-13H,2,7,10H2,(H,29,32). The minimum absolute atomic E-state index is 0.167. The fourth-order valence-electron chi connectivity index (χ4n) is 3.81. The summed E-state index contributed by atoms with van der Waals surface area (Å²) in [6.45, 7) is 0. The molecule has 33 heavy (non-hydrogen) atoms. The summed E-state index contributed by atoms with van der Waals surface area (Å²) in [5, 5.41) is 9.00. The predicted molar refractivity (Wildman–Crippen MR) is 129 cm³/mol. The number of ether oxygens (including phenoxy) is 1. The van der Waals surface area contributed by atoms with Gasteiger partial charge in [0, 0.05) is 16.8 Å². The quantitative estimate of drug-likeness (QED) is 0.329. The monoisotopic (exact) mass is 498 g/mol. The highest BCUT2D eigenvalue weighted by atomic mass is 35.5. The molecule has 2 heterocycles. The third-order valence-electron chi connectivity index (χ3n) is 5.32. The van der Waals surface area contributed by atoms with Gasteiger partial charge in [0.1, 0.15) is 17.1 Å². The van der Waals surface area contributed by atoms with Gasteiger partial charge in [-0.2, -0.15) is 5.10 Å². The van der Waals surface area contributed by atoms with Gasteiger partial charge in [0.2, 0.25) is 5.88 Å². The van der Waals surface area contributed by atoms with Crippen LogP contribution in [0.15, 0.2) is 60.8 Å². The molecule has 1 aliphatic rings. The van der Waals surface area contributed by atoms with E-state index in [1.165, 1.54) is 0 Å². The Morgan fingerprint density at radius 3 is 2.73 bits per heavy atom. The van der Waals surface area contributed by atoms with E-state index < -0.39 is 0 Å². The maximum absolute atomic E-state index is 13.4. The van der Waals surface area contributed by atoms with E-state index in [-0.39, 0.29) is 17.4 Å². The molecule has 0 unspecified atom stereocenters. The highest BCUT2D eigenvalue weighted by molar-refractivity contribution is 6.43. The number of benzene rings is 2. The third-order valence-corrected chi connectivity index (χ3v) is 6.37.